The maximum Gasteiger partial charge on any atom is 0.251 e. The third-order valence-electron chi connectivity index (χ3n) is 3.57. The molecule has 0 fully saturated rings. The summed E-state index contributed by atoms with van der Waals surface area (Å²) in [7, 11) is 0. The zero-order valence-corrected chi connectivity index (χ0v) is 12.5. The van der Waals surface area contributed by atoms with Crippen molar-refractivity contribution in [1.82, 2.24) is 20.3 Å². The van der Waals surface area contributed by atoms with Crippen LogP contribution in [-0.2, 0) is 0 Å². The molecule has 2 heterocycles. The van der Waals surface area contributed by atoms with Crippen molar-refractivity contribution in [1.29, 1.82) is 0 Å². The van der Waals surface area contributed by atoms with E-state index in [9.17, 15) is 4.79 Å². The minimum Gasteiger partial charge on any atom is -0.352 e. The van der Waals surface area contributed by atoms with Gasteiger partial charge in [-0.05, 0) is 24.6 Å². The molecule has 0 spiro atoms. The summed E-state index contributed by atoms with van der Waals surface area (Å²) in [5, 5.41) is 3.88. The fraction of sp³-hybridized carbons (Fsp3) is 0.235. The Kier molecular flexibility index (Phi) is 4.14. The Morgan fingerprint density at radius 3 is 3.05 bits per heavy atom. The lowest BCUT2D eigenvalue weighted by Crippen LogP contribution is -2.24. The standard InChI is InChI=1S/C17H18N4O/c1-2-3-8-19-17(22)13-6-4-5-12(10-13)15-14-7-9-18-16(14)21-11-20-15/h4-7,9-11H,2-3,8H2,1H3,(H,19,22)(H,18,20,21). The summed E-state index contributed by atoms with van der Waals surface area (Å²) in [5.74, 6) is -0.0466. The number of rotatable bonds is 5. The van der Waals surface area contributed by atoms with Gasteiger partial charge in [0.2, 0.25) is 0 Å². The fourth-order valence-electron chi connectivity index (χ4n) is 2.39. The van der Waals surface area contributed by atoms with Crippen molar-refractivity contribution in [2.24, 2.45) is 0 Å². The van der Waals surface area contributed by atoms with E-state index >= 15 is 0 Å². The van der Waals surface area contributed by atoms with Gasteiger partial charge in [-0.2, -0.15) is 0 Å². The first kappa shape index (κ1) is 14.3. The van der Waals surface area contributed by atoms with Gasteiger partial charge in [-0.25, -0.2) is 9.97 Å². The van der Waals surface area contributed by atoms with E-state index in [0.29, 0.717) is 12.1 Å². The number of unbranched alkanes of at least 4 members (excludes halogenated alkanes) is 1. The zero-order chi connectivity index (χ0) is 15.4. The van der Waals surface area contributed by atoms with Crippen LogP contribution in [0.1, 0.15) is 30.1 Å². The summed E-state index contributed by atoms with van der Waals surface area (Å²) < 4.78 is 0. The van der Waals surface area contributed by atoms with E-state index in [-0.39, 0.29) is 5.91 Å². The molecule has 0 aliphatic carbocycles. The number of H-pyrrole nitrogens is 1. The van der Waals surface area contributed by atoms with Gasteiger partial charge in [-0.1, -0.05) is 25.5 Å². The molecule has 0 bridgehead atoms. The molecule has 3 rings (SSSR count). The van der Waals surface area contributed by atoms with Gasteiger partial charge in [-0.15, -0.1) is 0 Å². The van der Waals surface area contributed by atoms with Crippen LogP contribution in [0.25, 0.3) is 22.3 Å². The number of aromatic amines is 1. The van der Waals surface area contributed by atoms with Crippen molar-refractivity contribution in [3.8, 4) is 11.3 Å². The summed E-state index contributed by atoms with van der Waals surface area (Å²) in [4.78, 5) is 23.8. The van der Waals surface area contributed by atoms with Crippen LogP contribution in [0.4, 0.5) is 0 Å². The van der Waals surface area contributed by atoms with E-state index in [1.807, 2.05) is 36.5 Å². The lowest BCUT2D eigenvalue weighted by atomic mass is 10.1. The molecule has 3 aromatic rings. The van der Waals surface area contributed by atoms with Crippen LogP contribution in [0.15, 0.2) is 42.9 Å². The van der Waals surface area contributed by atoms with E-state index in [2.05, 4.69) is 27.2 Å². The molecular weight excluding hydrogens is 276 g/mol. The average Bonchev–Trinajstić information content (AvgIpc) is 3.03. The number of nitrogens with one attached hydrogen (secondary N) is 2. The summed E-state index contributed by atoms with van der Waals surface area (Å²) in [6.45, 7) is 2.80. The number of nitrogens with zero attached hydrogens (tertiary/aromatic N) is 2. The van der Waals surface area contributed by atoms with Crippen LogP contribution >= 0.6 is 0 Å². The first-order valence-corrected chi connectivity index (χ1v) is 7.46. The van der Waals surface area contributed by atoms with Crippen molar-refractivity contribution >= 4 is 16.9 Å². The second-order valence-electron chi connectivity index (χ2n) is 5.15. The minimum atomic E-state index is -0.0466. The van der Waals surface area contributed by atoms with Gasteiger partial charge in [0.1, 0.15) is 12.0 Å². The molecular formula is C17H18N4O. The molecule has 0 saturated carbocycles. The van der Waals surface area contributed by atoms with Crippen LogP contribution in [0.5, 0.6) is 0 Å². The van der Waals surface area contributed by atoms with E-state index in [0.717, 1.165) is 35.1 Å². The number of aromatic nitrogens is 3. The fourth-order valence-corrected chi connectivity index (χ4v) is 2.39. The Morgan fingerprint density at radius 1 is 1.27 bits per heavy atom. The largest absolute Gasteiger partial charge is 0.352 e. The maximum absolute atomic E-state index is 12.2. The highest BCUT2D eigenvalue weighted by atomic mass is 16.1. The molecule has 0 aliphatic heterocycles. The second kappa shape index (κ2) is 6.39. The van der Waals surface area contributed by atoms with Crippen molar-refractivity contribution < 1.29 is 4.79 Å². The molecule has 5 nitrogen and oxygen atoms in total. The molecule has 1 amide bonds. The topological polar surface area (TPSA) is 70.7 Å². The maximum atomic E-state index is 12.2. The SMILES string of the molecule is CCCCNC(=O)c1cccc(-c2ncnc3[nH]ccc23)c1. The Labute approximate surface area is 128 Å². The Hall–Kier alpha value is -2.69. The molecule has 0 radical (unpaired) electrons. The smallest absolute Gasteiger partial charge is 0.251 e. The summed E-state index contributed by atoms with van der Waals surface area (Å²) in [6, 6.07) is 9.47. The predicted octanol–water partition coefficient (Wildman–Crippen LogP) is 3.15. The van der Waals surface area contributed by atoms with Crippen molar-refractivity contribution in [2.45, 2.75) is 19.8 Å². The van der Waals surface area contributed by atoms with E-state index in [1.54, 1.807) is 0 Å². The normalized spacial score (nSPS) is 10.8. The highest BCUT2D eigenvalue weighted by Crippen LogP contribution is 2.25. The molecule has 0 unspecified atom stereocenters. The van der Waals surface area contributed by atoms with Crippen LogP contribution in [0.3, 0.4) is 0 Å². The molecule has 112 valence electrons. The van der Waals surface area contributed by atoms with Gasteiger partial charge in [-0.3, -0.25) is 4.79 Å². The first-order chi connectivity index (χ1) is 10.8. The monoisotopic (exact) mass is 294 g/mol. The van der Waals surface area contributed by atoms with Crippen molar-refractivity contribution in [2.75, 3.05) is 6.54 Å². The molecule has 22 heavy (non-hydrogen) atoms. The number of benzene rings is 1. The van der Waals surface area contributed by atoms with Gasteiger partial charge in [0, 0.05) is 29.3 Å². The summed E-state index contributed by atoms with van der Waals surface area (Å²) in [5.41, 5.74) is 3.18. The molecule has 0 aliphatic rings. The van der Waals surface area contributed by atoms with E-state index in [4.69, 9.17) is 0 Å². The highest BCUT2D eigenvalue weighted by Gasteiger charge is 2.10. The van der Waals surface area contributed by atoms with Crippen LogP contribution < -0.4 is 5.32 Å². The lowest BCUT2D eigenvalue weighted by molar-refractivity contribution is 0.0953. The molecule has 1 aromatic carbocycles. The van der Waals surface area contributed by atoms with Gasteiger partial charge in [0.25, 0.3) is 5.91 Å². The number of carbonyl (C=O) groups excluding carboxylic acids is 1. The van der Waals surface area contributed by atoms with Gasteiger partial charge in [0.05, 0.1) is 5.69 Å². The van der Waals surface area contributed by atoms with Gasteiger partial charge >= 0.3 is 0 Å². The molecule has 2 N–H and O–H groups in total. The minimum absolute atomic E-state index is 0.0466. The third kappa shape index (κ3) is 2.83. The molecule has 0 atom stereocenters. The van der Waals surface area contributed by atoms with E-state index < -0.39 is 0 Å². The second-order valence-corrected chi connectivity index (χ2v) is 5.15. The van der Waals surface area contributed by atoms with Crippen molar-refractivity contribution in [3.05, 3.63) is 48.4 Å². The number of hydrogen-bond donors (Lipinski definition) is 2. The van der Waals surface area contributed by atoms with E-state index in [1.165, 1.54) is 6.33 Å². The predicted molar refractivity (Wildman–Crippen MR) is 86.6 cm³/mol. The van der Waals surface area contributed by atoms with Gasteiger partial charge < -0.3 is 10.3 Å². The van der Waals surface area contributed by atoms with Crippen LogP contribution in [-0.4, -0.2) is 27.4 Å². The highest BCUT2D eigenvalue weighted by molar-refractivity contribution is 5.97. The Balaban J connectivity index is 1.91. The molecule has 2 aromatic heterocycles. The van der Waals surface area contributed by atoms with Crippen LogP contribution in [0, 0.1) is 0 Å². The van der Waals surface area contributed by atoms with Crippen molar-refractivity contribution in [3.63, 3.8) is 0 Å². The number of hydrogen-bond acceptors (Lipinski definition) is 3. The number of fused-ring (bicyclic) bond motifs is 1. The third-order valence-corrected chi connectivity index (χ3v) is 3.57. The quantitative estimate of drug-likeness (QED) is 0.710. The molecule has 0 saturated heterocycles. The number of carbonyl (C=O) groups is 1. The first-order valence-electron chi connectivity index (χ1n) is 7.46. The Morgan fingerprint density at radius 2 is 2.18 bits per heavy atom. The lowest BCUT2D eigenvalue weighted by Gasteiger charge is -2.07. The summed E-state index contributed by atoms with van der Waals surface area (Å²) >= 11 is 0. The zero-order valence-electron chi connectivity index (χ0n) is 12.5. The average molecular weight is 294 g/mol. The van der Waals surface area contributed by atoms with Gasteiger partial charge in [0.15, 0.2) is 0 Å². The summed E-state index contributed by atoms with van der Waals surface area (Å²) in [6.07, 6.45) is 5.42. The Bertz CT molecular complexity index is 794. The van der Waals surface area contributed by atoms with Crippen LogP contribution in [0.2, 0.25) is 0 Å². The number of amides is 1. The molecule has 5 heteroatoms.